The Morgan fingerprint density at radius 3 is 2.81 bits per heavy atom. The van der Waals surface area contributed by atoms with Crippen LogP contribution in [0.5, 0.6) is 0 Å². The van der Waals surface area contributed by atoms with E-state index in [1.54, 1.807) is 0 Å². The van der Waals surface area contributed by atoms with Gasteiger partial charge in [-0.3, -0.25) is 4.79 Å². The van der Waals surface area contributed by atoms with Crippen LogP contribution in [-0.4, -0.2) is 47.7 Å². The number of likely N-dealkylation sites (tertiary alicyclic amines) is 1. The van der Waals surface area contributed by atoms with Gasteiger partial charge in [-0.05, 0) is 18.8 Å². The summed E-state index contributed by atoms with van der Waals surface area (Å²) in [6.45, 7) is 4.53. The molecule has 3 atom stereocenters. The molecule has 94 valence electrons. The smallest absolute Gasteiger partial charge is 0.239 e. The van der Waals surface area contributed by atoms with E-state index < -0.39 is 0 Å². The molecule has 2 rings (SSSR count). The zero-order chi connectivity index (χ0) is 10.8. The maximum atomic E-state index is 12.0. The average Bonchev–Trinajstić information content (AvgIpc) is 2.84. The molecule has 0 radical (unpaired) electrons. The fourth-order valence-electron chi connectivity index (χ4n) is 2.49. The topological polar surface area (TPSA) is 52.6 Å². The molecule has 2 N–H and O–H groups in total. The molecule has 0 aromatic carbocycles. The van der Waals surface area contributed by atoms with Crippen LogP contribution in [0.4, 0.5) is 0 Å². The van der Waals surface area contributed by atoms with Crippen LogP contribution in [0.25, 0.3) is 0 Å². The zero-order valence-corrected chi connectivity index (χ0v) is 10.5. The molecule has 0 saturated carbocycles. The minimum atomic E-state index is -0.344. The van der Waals surface area contributed by atoms with Crippen molar-refractivity contribution >= 4 is 18.3 Å². The van der Waals surface area contributed by atoms with E-state index in [1.165, 1.54) is 0 Å². The molecule has 2 aliphatic rings. The van der Waals surface area contributed by atoms with E-state index in [9.17, 15) is 9.90 Å². The number of hydrogen-bond donors (Lipinski definition) is 2. The lowest BCUT2D eigenvalue weighted by molar-refractivity contribution is -0.132. The van der Waals surface area contributed by atoms with Crippen LogP contribution in [0.1, 0.15) is 26.2 Å². The van der Waals surface area contributed by atoms with Crippen molar-refractivity contribution in [3.8, 4) is 0 Å². The Bertz CT molecular complexity index is 250. The molecule has 0 bridgehead atoms. The molecule has 2 heterocycles. The van der Waals surface area contributed by atoms with E-state index in [0.717, 1.165) is 25.9 Å². The number of rotatable bonds is 2. The highest BCUT2D eigenvalue weighted by atomic mass is 35.5. The molecule has 1 amide bonds. The Morgan fingerprint density at radius 2 is 2.31 bits per heavy atom. The second kappa shape index (κ2) is 5.84. The summed E-state index contributed by atoms with van der Waals surface area (Å²) in [7, 11) is 0. The molecule has 0 aliphatic carbocycles. The SMILES string of the molecule is CCC1CCN(C(=O)[C@H]2C[C@@H](O)CN2)C1.Cl. The van der Waals surface area contributed by atoms with Crippen molar-refractivity contribution in [1.29, 1.82) is 0 Å². The summed E-state index contributed by atoms with van der Waals surface area (Å²) in [4.78, 5) is 14.0. The minimum absolute atomic E-state index is 0. The van der Waals surface area contributed by atoms with Crippen LogP contribution in [0.2, 0.25) is 0 Å². The molecule has 0 aromatic rings. The largest absolute Gasteiger partial charge is 0.392 e. The summed E-state index contributed by atoms with van der Waals surface area (Å²) in [6, 6.07) is -0.143. The van der Waals surface area contributed by atoms with Crippen molar-refractivity contribution < 1.29 is 9.90 Å². The quantitative estimate of drug-likeness (QED) is 0.744. The van der Waals surface area contributed by atoms with Gasteiger partial charge in [0.05, 0.1) is 12.1 Å². The van der Waals surface area contributed by atoms with Gasteiger partial charge in [-0.25, -0.2) is 0 Å². The summed E-state index contributed by atoms with van der Waals surface area (Å²) in [5, 5.41) is 12.4. The van der Waals surface area contributed by atoms with Gasteiger partial charge in [-0.1, -0.05) is 13.3 Å². The first-order chi connectivity index (χ1) is 7.20. The number of carbonyl (C=O) groups excluding carboxylic acids is 1. The van der Waals surface area contributed by atoms with E-state index in [4.69, 9.17) is 0 Å². The van der Waals surface area contributed by atoms with Crippen molar-refractivity contribution in [2.75, 3.05) is 19.6 Å². The van der Waals surface area contributed by atoms with E-state index in [2.05, 4.69) is 12.2 Å². The molecule has 0 aromatic heterocycles. The lowest BCUT2D eigenvalue weighted by atomic mass is 10.1. The van der Waals surface area contributed by atoms with Gasteiger partial charge >= 0.3 is 0 Å². The standard InChI is InChI=1S/C11H20N2O2.ClH/c1-2-8-3-4-13(7-8)11(15)10-5-9(14)6-12-10;/h8-10,12,14H,2-7H2,1H3;1H/t8?,9-,10-;/m1./s1. The fraction of sp³-hybridized carbons (Fsp3) is 0.909. The highest BCUT2D eigenvalue weighted by Gasteiger charge is 2.34. The van der Waals surface area contributed by atoms with Crippen molar-refractivity contribution in [1.82, 2.24) is 10.2 Å². The highest BCUT2D eigenvalue weighted by Crippen LogP contribution is 2.21. The van der Waals surface area contributed by atoms with Gasteiger partial charge in [0.2, 0.25) is 5.91 Å². The Kier molecular flexibility index (Phi) is 5.02. The maximum Gasteiger partial charge on any atom is 0.239 e. The van der Waals surface area contributed by atoms with Gasteiger partial charge in [-0.15, -0.1) is 12.4 Å². The number of nitrogens with one attached hydrogen (secondary N) is 1. The summed E-state index contributed by atoms with van der Waals surface area (Å²) in [5.41, 5.74) is 0. The predicted octanol–water partition coefficient (Wildman–Crippen LogP) is 0.389. The van der Waals surface area contributed by atoms with Crippen LogP contribution in [-0.2, 0) is 4.79 Å². The zero-order valence-electron chi connectivity index (χ0n) is 9.69. The molecule has 2 fully saturated rings. The Labute approximate surface area is 103 Å². The summed E-state index contributed by atoms with van der Waals surface area (Å²) in [6.07, 6.45) is 2.53. The van der Waals surface area contributed by atoms with Crippen LogP contribution in [0, 0.1) is 5.92 Å². The lowest BCUT2D eigenvalue weighted by Crippen LogP contribution is -2.42. The number of aliphatic hydroxyl groups excluding tert-OH is 1. The van der Waals surface area contributed by atoms with E-state index in [0.29, 0.717) is 18.9 Å². The Hall–Kier alpha value is -0.320. The molecule has 0 spiro atoms. The molecule has 16 heavy (non-hydrogen) atoms. The van der Waals surface area contributed by atoms with Crippen LogP contribution in [0.15, 0.2) is 0 Å². The fourth-order valence-corrected chi connectivity index (χ4v) is 2.49. The molecule has 1 unspecified atom stereocenters. The molecular formula is C11H21ClN2O2. The molecule has 2 aliphatic heterocycles. The summed E-state index contributed by atoms with van der Waals surface area (Å²) >= 11 is 0. The van der Waals surface area contributed by atoms with Crippen molar-refractivity contribution in [2.24, 2.45) is 5.92 Å². The second-order valence-corrected chi connectivity index (χ2v) is 4.70. The monoisotopic (exact) mass is 248 g/mol. The molecule has 4 nitrogen and oxygen atoms in total. The number of amides is 1. The molecular weight excluding hydrogens is 228 g/mol. The van der Waals surface area contributed by atoms with Gasteiger partial charge in [-0.2, -0.15) is 0 Å². The predicted molar refractivity (Wildman–Crippen MR) is 64.6 cm³/mol. The van der Waals surface area contributed by atoms with Crippen LogP contribution >= 0.6 is 12.4 Å². The van der Waals surface area contributed by atoms with Gasteiger partial charge in [0.1, 0.15) is 0 Å². The minimum Gasteiger partial charge on any atom is -0.392 e. The van der Waals surface area contributed by atoms with E-state index >= 15 is 0 Å². The third kappa shape index (κ3) is 2.87. The molecule has 5 heteroatoms. The number of aliphatic hydroxyl groups is 1. The normalized spacial score (nSPS) is 33.9. The van der Waals surface area contributed by atoms with E-state index in [1.807, 2.05) is 4.90 Å². The number of nitrogens with zero attached hydrogens (tertiary/aromatic N) is 1. The molecule has 2 saturated heterocycles. The van der Waals surface area contributed by atoms with Crippen molar-refractivity contribution in [3.63, 3.8) is 0 Å². The summed E-state index contributed by atoms with van der Waals surface area (Å²) in [5.74, 6) is 0.864. The van der Waals surface area contributed by atoms with Crippen LogP contribution in [0.3, 0.4) is 0 Å². The number of carbonyl (C=O) groups is 1. The van der Waals surface area contributed by atoms with Gasteiger partial charge in [0, 0.05) is 19.6 Å². The average molecular weight is 249 g/mol. The van der Waals surface area contributed by atoms with Crippen LogP contribution < -0.4 is 5.32 Å². The summed E-state index contributed by atoms with van der Waals surface area (Å²) < 4.78 is 0. The number of halogens is 1. The first-order valence-corrected chi connectivity index (χ1v) is 5.91. The van der Waals surface area contributed by atoms with Crippen molar-refractivity contribution in [2.45, 2.75) is 38.3 Å². The van der Waals surface area contributed by atoms with Crippen molar-refractivity contribution in [3.05, 3.63) is 0 Å². The highest BCUT2D eigenvalue weighted by molar-refractivity contribution is 5.85. The van der Waals surface area contributed by atoms with E-state index in [-0.39, 0.29) is 30.5 Å². The third-order valence-electron chi connectivity index (χ3n) is 3.58. The van der Waals surface area contributed by atoms with Gasteiger partial charge < -0.3 is 15.3 Å². The first kappa shape index (κ1) is 13.7. The Balaban J connectivity index is 0.00000128. The maximum absolute atomic E-state index is 12.0. The lowest BCUT2D eigenvalue weighted by Gasteiger charge is -2.20. The second-order valence-electron chi connectivity index (χ2n) is 4.70. The number of β-amino-alcohol motifs (C(OH)–C–C–N with tert-alkyl or cyclic N) is 1. The Morgan fingerprint density at radius 1 is 1.56 bits per heavy atom. The number of hydrogen-bond acceptors (Lipinski definition) is 3. The van der Waals surface area contributed by atoms with Gasteiger partial charge in [0.15, 0.2) is 0 Å². The third-order valence-corrected chi connectivity index (χ3v) is 3.58. The first-order valence-electron chi connectivity index (χ1n) is 5.91. The van der Waals surface area contributed by atoms with Gasteiger partial charge in [0.25, 0.3) is 0 Å².